The topological polar surface area (TPSA) is 103 Å². The van der Waals surface area contributed by atoms with E-state index in [1.54, 1.807) is 24.3 Å². The second-order valence-electron chi connectivity index (χ2n) is 12.8. The Labute approximate surface area is 243 Å². The van der Waals surface area contributed by atoms with Gasteiger partial charge in [-0.15, -0.1) is 0 Å². The van der Waals surface area contributed by atoms with Gasteiger partial charge in [0.1, 0.15) is 11.5 Å². The van der Waals surface area contributed by atoms with E-state index >= 15 is 0 Å². The first kappa shape index (κ1) is 29.6. The van der Waals surface area contributed by atoms with Crippen LogP contribution in [-0.4, -0.2) is 85.3 Å². The van der Waals surface area contributed by atoms with Crippen molar-refractivity contribution in [1.29, 1.82) is 0 Å². The number of aliphatic hydroxyl groups excluding tert-OH is 2. The van der Waals surface area contributed by atoms with Crippen LogP contribution in [0.5, 0.6) is 5.75 Å². The second kappa shape index (κ2) is 11.4. The van der Waals surface area contributed by atoms with Crippen molar-refractivity contribution in [2.75, 3.05) is 51.9 Å². The number of nitrogens with zero attached hydrogens (tertiary/aromatic N) is 2. The molecule has 0 bridgehead atoms. The van der Waals surface area contributed by atoms with Gasteiger partial charge in [0.15, 0.2) is 0 Å². The van der Waals surface area contributed by atoms with Gasteiger partial charge in [-0.25, -0.2) is 4.79 Å². The van der Waals surface area contributed by atoms with Crippen LogP contribution in [0.3, 0.4) is 0 Å². The summed E-state index contributed by atoms with van der Waals surface area (Å²) in [6.07, 6.45) is 8.93. The summed E-state index contributed by atoms with van der Waals surface area (Å²) in [7, 11) is 3.80. The molecule has 8 heteroatoms. The van der Waals surface area contributed by atoms with E-state index in [0.29, 0.717) is 36.5 Å². The monoisotopic (exact) mass is 564 g/mol. The highest BCUT2D eigenvalue weighted by Gasteiger charge is 2.59. The molecule has 4 aliphatic rings. The van der Waals surface area contributed by atoms with Crippen molar-refractivity contribution >= 4 is 17.7 Å². The fraction of sp³-hybridized carbons (Fsp3) is 0.545. The summed E-state index contributed by atoms with van der Waals surface area (Å²) >= 11 is 0. The third-order valence-corrected chi connectivity index (χ3v) is 10.2. The molecule has 0 spiro atoms. The maximum Gasteiger partial charge on any atom is 0.343 e. The summed E-state index contributed by atoms with van der Waals surface area (Å²) in [6.45, 7) is 11.8. The number of rotatable bonds is 6. The molecule has 1 aromatic carbocycles. The third kappa shape index (κ3) is 5.39. The Morgan fingerprint density at radius 2 is 1.95 bits per heavy atom. The molecule has 3 N–H and O–H groups in total. The van der Waals surface area contributed by atoms with E-state index in [-0.39, 0.29) is 35.6 Å². The summed E-state index contributed by atoms with van der Waals surface area (Å²) in [5.74, 6) is 0.0369. The lowest BCUT2D eigenvalue weighted by Crippen LogP contribution is -2.61. The fourth-order valence-corrected chi connectivity index (χ4v) is 7.57. The number of aliphatic hydroxyl groups is 2. The molecule has 2 aliphatic carbocycles. The van der Waals surface area contributed by atoms with Crippen molar-refractivity contribution in [1.82, 2.24) is 4.90 Å². The zero-order chi connectivity index (χ0) is 29.5. The highest BCUT2D eigenvalue weighted by molar-refractivity contribution is 5.96. The number of allylic oxidation sites excluding steroid dienone is 2. The lowest BCUT2D eigenvalue weighted by atomic mass is 9.45. The molecule has 1 saturated heterocycles. The van der Waals surface area contributed by atoms with Crippen LogP contribution in [0.4, 0.5) is 5.69 Å². The molecule has 3 unspecified atom stereocenters. The Morgan fingerprint density at radius 3 is 2.61 bits per heavy atom. The van der Waals surface area contributed by atoms with E-state index in [2.05, 4.69) is 24.5 Å². The van der Waals surface area contributed by atoms with E-state index in [0.717, 1.165) is 37.2 Å². The molecule has 2 aliphatic heterocycles. The van der Waals surface area contributed by atoms with Crippen LogP contribution in [-0.2, 0) is 14.3 Å². The van der Waals surface area contributed by atoms with E-state index in [4.69, 9.17) is 9.47 Å². The third-order valence-electron chi connectivity index (χ3n) is 10.2. The highest BCUT2D eigenvalue weighted by atomic mass is 16.5. The number of carbonyl (C=O) groups excluding carboxylic acids is 1. The predicted octanol–water partition coefficient (Wildman–Crippen LogP) is 3.89. The minimum absolute atomic E-state index is 0.0585. The fourth-order valence-electron chi connectivity index (χ4n) is 7.57. The van der Waals surface area contributed by atoms with Crippen LogP contribution < -0.4 is 4.90 Å². The van der Waals surface area contributed by atoms with Gasteiger partial charge < -0.3 is 29.7 Å². The summed E-state index contributed by atoms with van der Waals surface area (Å²) in [4.78, 5) is 17.2. The normalized spacial score (nSPS) is 35.5. The standard InChI is InChI=1S/C33H44N2O6/c1-21-26(9-7-23-17-25(41-31(23)39)16-22-6-8-24(34(4)5)18-28(22)37)32(2)11-10-30(38)33(3,20-36)29(32)19-27(21)35-12-14-40-15-13-35/h6-9,16-18,26-27,29-30,36-38H,1,10-15,19-20H2,2-5H3/b9-7+,25-16+/t26?,27?,29?,30-,32-,33+/m1/s1. The minimum Gasteiger partial charge on any atom is -0.507 e. The molecule has 41 heavy (non-hydrogen) atoms. The maximum absolute atomic E-state index is 12.9. The lowest BCUT2D eigenvalue weighted by molar-refractivity contribution is -0.156. The Morgan fingerprint density at radius 1 is 1.22 bits per heavy atom. The Bertz CT molecular complexity index is 1280. The number of benzene rings is 1. The smallest absolute Gasteiger partial charge is 0.343 e. The van der Waals surface area contributed by atoms with Crippen molar-refractivity contribution < 1.29 is 29.6 Å². The average molecular weight is 565 g/mol. The first-order chi connectivity index (χ1) is 19.5. The van der Waals surface area contributed by atoms with Crippen molar-refractivity contribution in [2.45, 2.75) is 45.3 Å². The van der Waals surface area contributed by atoms with Gasteiger partial charge in [0, 0.05) is 61.9 Å². The van der Waals surface area contributed by atoms with Gasteiger partial charge in [0.25, 0.3) is 0 Å². The van der Waals surface area contributed by atoms with E-state index < -0.39 is 17.5 Å². The summed E-state index contributed by atoms with van der Waals surface area (Å²) in [5.41, 5.74) is 2.10. The number of aromatic hydroxyl groups is 1. The van der Waals surface area contributed by atoms with Gasteiger partial charge in [0.05, 0.1) is 31.5 Å². The summed E-state index contributed by atoms with van der Waals surface area (Å²) in [5, 5.41) is 32.1. The number of morpholine rings is 1. The molecule has 5 rings (SSSR count). The number of hydrogen-bond acceptors (Lipinski definition) is 8. The first-order valence-corrected chi connectivity index (χ1v) is 14.6. The largest absolute Gasteiger partial charge is 0.507 e. The molecule has 3 fully saturated rings. The van der Waals surface area contributed by atoms with Gasteiger partial charge in [-0.3, -0.25) is 4.90 Å². The van der Waals surface area contributed by atoms with Gasteiger partial charge in [-0.2, -0.15) is 0 Å². The Kier molecular flexibility index (Phi) is 8.23. The molecule has 6 atom stereocenters. The molecule has 1 aromatic rings. The predicted molar refractivity (Wildman–Crippen MR) is 159 cm³/mol. The number of phenols is 1. The zero-order valence-electron chi connectivity index (χ0n) is 24.7. The Hall–Kier alpha value is -2.91. The quantitative estimate of drug-likeness (QED) is 0.353. The van der Waals surface area contributed by atoms with Gasteiger partial charge in [-0.1, -0.05) is 38.2 Å². The van der Waals surface area contributed by atoms with Gasteiger partial charge in [-0.05, 0) is 54.9 Å². The average Bonchev–Trinajstić information content (AvgIpc) is 3.30. The van der Waals surface area contributed by atoms with Crippen LogP contribution >= 0.6 is 0 Å². The molecule has 0 amide bonds. The van der Waals surface area contributed by atoms with Crippen molar-refractivity contribution in [3.8, 4) is 5.75 Å². The summed E-state index contributed by atoms with van der Waals surface area (Å²) < 4.78 is 11.2. The Balaban J connectivity index is 1.46. The van der Waals surface area contributed by atoms with Crippen molar-refractivity contribution in [3.63, 3.8) is 0 Å². The van der Waals surface area contributed by atoms with Crippen LogP contribution in [0.1, 0.15) is 38.7 Å². The number of hydrogen-bond donors (Lipinski definition) is 3. The maximum atomic E-state index is 12.9. The molecular formula is C33H44N2O6. The second-order valence-corrected chi connectivity index (χ2v) is 12.8. The van der Waals surface area contributed by atoms with Crippen LogP contribution in [0.15, 0.2) is 59.9 Å². The van der Waals surface area contributed by atoms with E-state index in [1.165, 1.54) is 0 Å². The summed E-state index contributed by atoms with van der Waals surface area (Å²) in [6, 6.07) is 5.45. The molecular weight excluding hydrogens is 520 g/mol. The molecule has 222 valence electrons. The first-order valence-electron chi connectivity index (χ1n) is 14.6. The highest BCUT2D eigenvalue weighted by Crippen LogP contribution is 2.62. The molecule has 0 aromatic heterocycles. The number of carbonyl (C=O) groups is 1. The van der Waals surface area contributed by atoms with Crippen LogP contribution in [0.25, 0.3) is 6.08 Å². The molecule has 2 saturated carbocycles. The molecule has 8 nitrogen and oxygen atoms in total. The van der Waals surface area contributed by atoms with Crippen molar-refractivity contribution in [2.24, 2.45) is 22.7 Å². The number of esters is 1. The SMILES string of the molecule is C=C1C(N2CCOCC2)CC2[C@](C)(CC[C@@H](O)[C@@]2(C)CO)C1/C=C/C1=CC(=C\c2ccc(N(C)C)cc2O)/OC1=O. The lowest BCUT2D eigenvalue weighted by Gasteiger charge is -2.62. The van der Waals surface area contributed by atoms with E-state index in [9.17, 15) is 20.1 Å². The number of fused-ring (bicyclic) bond motifs is 1. The zero-order valence-corrected chi connectivity index (χ0v) is 24.7. The number of ether oxygens (including phenoxy) is 2. The van der Waals surface area contributed by atoms with Gasteiger partial charge in [0.2, 0.25) is 0 Å². The number of anilines is 1. The number of cyclic esters (lactones) is 1. The van der Waals surface area contributed by atoms with Crippen LogP contribution in [0.2, 0.25) is 0 Å². The molecule has 0 radical (unpaired) electrons. The van der Waals surface area contributed by atoms with E-state index in [1.807, 2.05) is 38.1 Å². The van der Waals surface area contributed by atoms with Gasteiger partial charge >= 0.3 is 5.97 Å². The van der Waals surface area contributed by atoms with Crippen LogP contribution in [0, 0.1) is 22.7 Å². The van der Waals surface area contributed by atoms with Crippen molar-refractivity contribution in [3.05, 3.63) is 65.5 Å². The minimum atomic E-state index is -0.629. The number of phenolic OH excluding ortho intramolecular Hbond substituents is 1. The molecule has 2 heterocycles.